The number of hydrogen-bond donors (Lipinski definition) is 1. The normalized spacial score (nSPS) is 20.8. The molecule has 1 fully saturated rings. The second-order valence-corrected chi connectivity index (χ2v) is 4.60. The Morgan fingerprint density at radius 3 is 3.00 bits per heavy atom. The van der Waals surface area contributed by atoms with Gasteiger partial charge in [0.15, 0.2) is 0 Å². The fourth-order valence-electron chi connectivity index (χ4n) is 2.32. The molecule has 1 aromatic rings. The van der Waals surface area contributed by atoms with Gasteiger partial charge in [0.05, 0.1) is 12.8 Å². The smallest absolute Gasteiger partial charge is 0.143 e. The molecule has 2 rings (SSSR count). The largest absolute Gasteiger partial charge is 0.495 e. The van der Waals surface area contributed by atoms with Crippen LogP contribution in [0.15, 0.2) is 6.20 Å². The zero-order valence-corrected chi connectivity index (χ0v) is 10.5. The van der Waals surface area contributed by atoms with E-state index in [4.69, 9.17) is 16.3 Å². The molecule has 1 aliphatic heterocycles. The van der Waals surface area contributed by atoms with Gasteiger partial charge in [-0.25, -0.2) is 0 Å². The average Bonchev–Trinajstić information content (AvgIpc) is 2.31. The van der Waals surface area contributed by atoms with Crippen molar-refractivity contribution in [3.63, 3.8) is 0 Å². The molecule has 0 aromatic carbocycles. The summed E-state index contributed by atoms with van der Waals surface area (Å²) in [5.74, 6) is 1.25. The molecule has 1 atom stereocenters. The summed E-state index contributed by atoms with van der Waals surface area (Å²) in [5, 5.41) is 3.99. The monoisotopic (exact) mass is 240 g/mol. The molecule has 4 heteroatoms. The van der Waals surface area contributed by atoms with E-state index in [1.54, 1.807) is 13.3 Å². The van der Waals surface area contributed by atoms with Gasteiger partial charge in [0, 0.05) is 24.2 Å². The molecule has 0 radical (unpaired) electrons. The Morgan fingerprint density at radius 1 is 1.56 bits per heavy atom. The molecule has 0 aliphatic carbocycles. The molecule has 1 aliphatic rings. The maximum atomic E-state index is 6.04. The summed E-state index contributed by atoms with van der Waals surface area (Å²) in [6.07, 6.45) is 4.08. The zero-order valence-electron chi connectivity index (χ0n) is 9.72. The lowest BCUT2D eigenvalue weighted by atomic mass is 9.93. The predicted molar refractivity (Wildman–Crippen MR) is 65.4 cm³/mol. The number of hydrogen-bond acceptors (Lipinski definition) is 3. The lowest BCUT2D eigenvalue weighted by Crippen LogP contribution is -2.29. The standard InChI is InChI=1S/C12H17ClN2O/c1-8-11(9-4-3-5-14-6-9)15-7-10(13)12(8)16-2/h7,9,14H,3-6H2,1-2H3. The lowest BCUT2D eigenvalue weighted by Gasteiger charge is -2.24. The quantitative estimate of drug-likeness (QED) is 0.863. The van der Waals surface area contributed by atoms with E-state index in [9.17, 15) is 0 Å². The van der Waals surface area contributed by atoms with Gasteiger partial charge in [0.2, 0.25) is 0 Å². The Labute approximate surface area is 101 Å². The second-order valence-electron chi connectivity index (χ2n) is 4.19. The molecule has 0 bridgehead atoms. The van der Waals surface area contributed by atoms with E-state index in [1.807, 2.05) is 6.92 Å². The fraction of sp³-hybridized carbons (Fsp3) is 0.583. The van der Waals surface area contributed by atoms with Gasteiger partial charge in [0.25, 0.3) is 0 Å². The number of piperidine rings is 1. The van der Waals surface area contributed by atoms with Gasteiger partial charge in [-0.15, -0.1) is 0 Å². The minimum atomic E-state index is 0.486. The number of pyridine rings is 1. The minimum absolute atomic E-state index is 0.486. The summed E-state index contributed by atoms with van der Waals surface area (Å²) >= 11 is 6.04. The highest BCUT2D eigenvalue weighted by molar-refractivity contribution is 6.32. The number of rotatable bonds is 2. The Kier molecular flexibility index (Phi) is 3.66. The SMILES string of the molecule is COc1c(Cl)cnc(C2CCCNC2)c1C. The fourth-order valence-corrected chi connectivity index (χ4v) is 2.59. The van der Waals surface area contributed by atoms with Crippen molar-refractivity contribution in [1.29, 1.82) is 0 Å². The van der Waals surface area contributed by atoms with E-state index in [-0.39, 0.29) is 0 Å². The Morgan fingerprint density at radius 2 is 2.38 bits per heavy atom. The van der Waals surface area contributed by atoms with E-state index in [2.05, 4.69) is 10.3 Å². The molecule has 16 heavy (non-hydrogen) atoms. The number of ether oxygens (including phenoxy) is 1. The molecule has 88 valence electrons. The van der Waals surface area contributed by atoms with Crippen molar-refractivity contribution in [3.8, 4) is 5.75 Å². The van der Waals surface area contributed by atoms with Crippen LogP contribution in [0.4, 0.5) is 0 Å². The molecule has 2 heterocycles. The summed E-state index contributed by atoms with van der Waals surface area (Å²) in [6.45, 7) is 4.14. The Bertz CT molecular complexity index is 376. The summed E-state index contributed by atoms with van der Waals surface area (Å²) in [7, 11) is 1.65. The third-order valence-electron chi connectivity index (χ3n) is 3.15. The third kappa shape index (κ3) is 2.15. The van der Waals surface area contributed by atoms with E-state index < -0.39 is 0 Å². The van der Waals surface area contributed by atoms with Gasteiger partial charge in [-0.1, -0.05) is 11.6 Å². The second kappa shape index (κ2) is 5.02. The summed E-state index contributed by atoms with van der Waals surface area (Å²) in [6, 6.07) is 0. The van der Waals surface area contributed by atoms with Gasteiger partial charge in [-0.2, -0.15) is 0 Å². The van der Waals surface area contributed by atoms with Crippen LogP contribution < -0.4 is 10.1 Å². The van der Waals surface area contributed by atoms with Crippen LogP contribution in [-0.2, 0) is 0 Å². The maximum Gasteiger partial charge on any atom is 0.143 e. The van der Waals surface area contributed by atoms with Gasteiger partial charge >= 0.3 is 0 Å². The van der Waals surface area contributed by atoms with E-state index in [1.165, 1.54) is 12.8 Å². The van der Waals surface area contributed by atoms with Crippen LogP contribution in [0.3, 0.4) is 0 Å². The number of halogens is 1. The van der Waals surface area contributed by atoms with Gasteiger partial charge < -0.3 is 10.1 Å². The summed E-state index contributed by atoms with van der Waals surface area (Å²) < 4.78 is 5.31. The Balaban J connectivity index is 2.33. The molecule has 1 N–H and O–H groups in total. The van der Waals surface area contributed by atoms with Gasteiger partial charge in [0.1, 0.15) is 10.8 Å². The first-order valence-electron chi connectivity index (χ1n) is 5.63. The highest BCUT2D eigenvalue weighted by atomic mass is 35.5. The van der Waals surface area contributed by atoms with Crippen LogP contribution in [0.5, 0.6) is 5.75 Å². The number of nitrogens with zero attached hydrogens (tertiary/aromatic N) is 1. The van der Waals surface area contributed by atoms with Crippen molar-refractivity contribution in [3.05, 3.63) is 22.5 Å². The first kappa shape index (κ1) is 11.7. The van der Waals surface area contributed by atoms with Crippen LogP contribution in [0.1, 0.15) is 30.0 Å². The topological polar surface area (TPSA) is 34.1 Å². The van der Waals surface area contributed by atoms with E-state index in [0.29, 0.717) is 10.9 Å². The number of methoxy groups -OCH3 is 1. The summed E-state index contributed by atoms with van der Waals surface area (Å²) in [5.41, 5.74) is 2.19. The molecular formula is C12H17ClN2O. The van der Waals surface area contributed by atoms with E-state index >= 15 is 0 Å². The zero-order chi connectivity index (χ0) is 11.5. The predicted octanol–water partition coefficient (Wildman–Crippen LogP) is 2.52. The third-order valence-corrected chi connectivity index (χ3v) is 3.42. The molecule has 0 spiro atoms. The first-order valence-corrected chi connectivity index (χ1v) is 6.01. The first-order chi connectivity index (χ1) is 7.74. The van der Waals surface area contributed by atoms with Crippen molar-refractivity contribution < 1.29 is 4.74 Å². The van der Waals surface area contributed by atoms with E-state index in [0.717, 1.165) is 30.1 Å². The van der Waals surface area contributed by atoms with Crippen LogP contribution in [0.2, 0.25) is 5.02 Å². The molecule has 1 unspecified atom stereocenters. The molecule has 0 amide bonds. The highest BCUT2D eigenvalue weighted by Gasteiger charge is 2.21. The van der Waals surface area contributed by atoms with Crippen LogP contribution in [0.25, 0.3) is 0 Å². The number of nitrogens with one attached hydrogen (secondary N) is 1. The molecule has 0 saturated carbocycles. The van der Waals surface area contributed by atoms with Crippen LogP contribution >= 0.6 is 11.6 Å². The van der Waals surface area contributed by atoms with Crippen molar-refractivity contribution in [1.82, 2.24) is 10.3 Å². The van der Waals surface area contributed by atoms with Gasteiger partial charge in [-0.3, -0.25) is 4.98 Å². The Hall–Kier alpha value is -0.800. The van der Waals surface area contributed by atoms with Crippen molar-refractivity contribution in [2.24, 2.45) is 0 Å². The van der Waals surface area contributed by atoms with Crippen molar-refractivity contribution >= 4 is 11.6 Å². The van der Waals surface area contributed by atoms with Crippen LogP contribution in [-0.4, -0.2) is 25.2 Å². The minimum Gasteiger partial charge on any atom is -0.495 e. The maximum absolute atomic E-state index is 6.04. The highest BCUT2D eigenvalue weighted by Crippen LogP contribution is 2.33. The molecule has 1 aromatic heterocycles. The molecule has 3 nitrogen and oxygen atoms in total. The number of aromatic nitrogens is 1. The average molecular weight is 241 g/mol. The summed E-state index contributed by atoms with van der Waals surface area (Å²) in [4.78, 5) is 4.46. The molecule has 1 saturated heterocycles. The van der Waals surface area contributed by atoms with Crippen molar-refractivity contribution in [2.45, 2.75) is 25.7 Å². The molecular weight excluding hydrogens is 224 g/mol. The van der Waals surface area contributed by atoms with Gasteiger partial charge in [-0.05, 0) is 26.3 Å². The van der Waals surface area contributed by atoms with Crippen molar-refractivity contribution in [2.75, 3.05) is 20.2 Å². The van der Waals surface area contributed by atoms with Crippen LogP contribution in [0, 0.1) is 6.92 Å². The lowest BCUT2D eigenvalue weighted by molar-refractivity contribution is 0.405.